The molecule has 0 bridgehead atoms. The SMILES string of the molecule is COC1C(O)[C@H](OC2C(O)[C@H](O[C@@H]3C(C)O[C@@H](OC4C(O)[C@H](OS(=O)(=O)[O-])CO[C@H]4OC4CC[C@]5(C)C6CCC78C(=O)OC(C)(CC(=O)CC(C)C)C7C(OC(C)=O)CC8(C)C6=CCC5C4(C)C)C(O[C@@H]4OC[C@@H](O)C(O)C4O)C3O)OC(CO)[C@H]2O)OC(CO)[C@H]1O.[Na+]. The molecule has 3 saturated carbocycles. The maximum Gasteiger partial charge on any atom is 1.00 e. The Morgan fingerprint density at radius 3 is 1.88 bits per heavy atom. The van der Waals surface area contributed by atoms with Gasteiger partial charge < -0.3 is 122 Å². The second-order valence-corrected chi connectivity index (χ2v) is 29.9. The molecule has 0 aromatic heterocycles. The molecule has 4 aliphatic carbocycles. The minimum absolute atomic E-state index is 0. The molecule has 10 rings (SSSR count). The third-order valence-electron chi connectivity index (χ3n) is 22.3. The predicted octanol–water partition coefficient (Wildman–Crippen LogP) is -5.64. The Morgan fingerprint density at radius 1 is 0.691 bits per heavy atom. The van der Waals surface area contributed by atoms with Crippen LogP contribution in [0.25, 0.3) is 0 Å². The van der Waals surface area contributed by atoms with Gasteiger partial charge in [0, 0.05) is 32.3 Å². The number of carbonyl (C=O) groups is 3. The number of carbonyl (C=O) groups excluding carboxylic acids is 3. The number of Topliss-reactive ketones (excluding diaryl/α,β-unsaturated/α-hetero) is 1. The van der Waals surface area contributed by atoms with Crippen molar-refractivity contribution < 1.29 is 179 Å². The molecular formula is C61H95NaO31S. The minimum atomic E-state index is -5.54. The number of aliphatic hydroxyl groups excluding tert-OH is 11. The van der Waals surface area contributed by atoms with Crippen molar-refractivity contribution in [1.82, 2.24) is 0 Å². The molecule has 0 amide bonds. The maximum atomic E-state index is 14.8. The van der Waals surface area contributed by atoms with Gasteiger partial charge in [0.15, 0.2) is 31.5 Å². The zero-order chi connectivity index (χ0) is 68.1. The monoisotopic (exact) mass is 1380 g/mol. The Bertz CT molecular complexity index is 2820. The smallest absolute Gasteiger partial charge is 0.726 e. The summed E-state index contributed by atoms with van der Waals surface area (Å²) < 4.78 is 120. The Morgan fingerprint density at radius 2 is 1.28 bits per heavy atom. The molecule has 0 aromatic rings. The van der Waals surface area contributed by atoms with E-state index in [0.717, 1.165) is 12.7 Å². The van der Waals surface area contributed by atoms with Crippen molar-refractivity contribution in [2.24, 2.45) is 45.3 Å². The van der Waals surface area contributed by atoms with Crippen molar-refractivity contribution in [3.8, 4) is 0 Å². The second kappa shape index (κ2) is 29.0. The first-order valence-electron chi connectivity index (χ1n) is 32.1. The van der Waals surface area contributed by atoms with Gasteiger partial charge >= 0.3 is 41.5 Å². The number of aliphatic hydroxyl groups is 11. The van der Waals surface area contributed by atoms with Crippen LogP contribution in [-0.4, -0.2) is 280 Å². The van der Waals surface area contributed by atoms with E-state index in [1.165, 1.54) is 13.8 Å². The summed E-state index contributed by atoms with van der Waals surface area (Å²) in [5.41, 5.74) is -3.32. The van der Waals surface area contributed by atoms with Gasteiger partial charge in [-0.25, -0.2) is 8.42 Å². The summed E-state index contributed by atoms with van der Waals surface area (Å²) in [7, 11) is -4.39. The number of ether oxygens (including phenoxy) is 13. The molecule has 21 unspecified atom stereocenters. The summed E-state index contributed by atoms with van der Waals surface area (Å²) in [4.78, 5) is 41.2. The number of hydrogen-bond acceptors (Lipinski definition) is 31. The number of hydrogen-bond donors (Lipinski definition) is 11. The molecule has 0 aromatic carbocycles. The van der Waals surface area contributed by atoms with Crippen molar-refractivity contribution in [2.75, 3.05) is 33.5 Å². The molecule has 33 heteroatoms. The zero-order valence-corrected chi connectivity index (χ0v) is 57.6. The van der Waals surface area contributed by atoms with Crippen LogP contribution in [0, 0.1) is 45.3 Å². The van der Waals surface area contributed by atoms with Crippen molar-refractivity contribution in [2.45, 2.75) is 273 Å². The zero-order valence-electron chi connectivity index (χ0n) is 54.8. The van der Waals surface area contributed by atoms with Crippen molar-refractivity contribution in [1.29, 1.82) is 0 Å². The van der Waals surface area contributed by atoms with Crippen LogP contribution >= 0.6 is 0 Å². The van der Waals surface area contributed by atoms with Gasteiger partial charge in [0.1, 0.15) is 121 Å². The Labute approximate surface area is 567 Å². The molecule has 94 heavy (non-hydrogen) atoms. The fraction of sp³-hybridized carbons (Fsp3) is 0.918. The van der Waals surface area contributed by atoms with Crippen LogP contribution in [-0.2, 0) is 90.5 Å². The Hall–Kier alpha value is -1.66. The molecule has 6 aliphatic heterocycles. The van der Waals surface area contributed by atoms with Gasteiger partial charge in [-0.1, -0.05) is 53.2 Å². The van der Waals surface area contributed by atoms with Crippen molar-refractivity contribution in [3.05, 3.63) is 11.6 Å². The molecule has 11 N–H and O–H groups in total. The first-order chi connectivity index (χ1) is 43.5. The van der Waals surface area contributed by atoms with E-state index in [-0.39, 0.29) is 59.5 Å². The van der Waals surface area contributed by atoms with Crippen LogP contribution < -0.4 is 29.6 Å². The van der Waals surface area contributed by atoms with E-state index in [0.29, 0.717) is 44.9 Å². The van der Waals surface area contributed by atoms with Gasteiger partial charge in [0.25, 0.3) is 0 Å². The largest absolute Gasteiger partial charge is 1.00 e. The van der Waals surface area contributed by atoms with Gasteiger partial charge in [-0.2, -0.15) is 0 Å². The maximum absolute atomic E-state index is 14.8. The van der Waals surface area contributed by atoms with E-state index >= 15 is 0 Å². The molecule has 1 spiro atoms. The molecule has 6 saturated heterocycles. The average molecular weight is 1380 g/mol. The summed E-state index contributed by atoms with van der Waals surface area (Å²) in [6.07, 6.45) is -37.8. The molecule has 31 nitrogen and oxygen atoms in total. The van der Waals surface area contributed by atoms with Gasteiger partial charge in [-0.3, -0.25) is 18.6 Å². The molecule has 6 heterocycles. The minimum Gasteiger partial charge on any atom is -0.726 e. The third kappa shape index (κ3) is 13.8. The summed E-state index contributed by atoms with van der Waals surface area (Å²) >= 11 is 0. The Kier molecular flexibility index (Phi) is 23.6. The number of allylic oxidation sites excluding steroid dienone is 2. The van der Waals surface area contributed by atoms with E-state index in [2.05, 4.69) is 19.9 Å². The van der Waals surface area contributed by atoms with Crippen LogP contribution in [0.4, 0.5) is 0 Å². The van der Waals surface area contributed by atoms with Crippen LogP contribution in [0.1, 0.15) is 114 Å². The molecule has 10 aliphatic rings. The molecule has 532 valence electrons. The van der Waals surface area contributed by atoms with Gasteiger partial charge in [0.2, 0.25) is 10.4 Å². The van der Waals surface area contributed by atoms with Crippen molar-refractivity contribution >= 4 is 28.1 Å². The number of methoxy groups -OCH3 is 1. The summed E-state index contributed by atoms with van der Waals surface area (Å²) in [6.45, 7) is 13.6. The topological polar surface area (TPSA) is 460 Å². The van der Waals surface area contributed by atoms with Crippen LogP contribution in [0.5, 0.6) is 0 Å². The second-order valence-electron chi connectivity index (χ2n) is 28.9. The van der Waals surface area contributed by atoms with E-state index in [1.807, 2.05) is 27.7 Å². The summed E-state index contributed by atoms with van der Waals surface area (Å²) in [6, 6.07) is 0. The Balaban J connectivity index is 0.0000104. The molecule has 9 fully saturated rings. The van der Waals surface area contributed by atoms with Gasteiger partial charge in [0.05, 0.1) is 50.0 Å². The molecular weight excluding hydrogens is 1280 g/mol. The number of esters is 2. The van der Waals surface area contributed by atoms with Crippen LogP contribution in [0.2, 0.25) is 0 Å². The van der Waals surface area contributed by atoms with Crippen LogP contribution in [0.15, 0.2) is 11.6 Å². The van der Waals surface area contributed by atoms with E-state index in [1.54, 1.807) is 6.92 Å². The third-order valence-corrected chi connectivity index (χ3v) is 22.7. The quantitative estimate of drug-likeness (QED) is 0.0178. The first-order valence-corrected chi connectivity index (χ1v) is 33.4. The van der Waals surface area contributed by atoms with Gasteiger partial charge in [-0.15, -0.1) is 0 Å². The molecule has 0 radical (unpaired) electrons. The van der Waals surface area contributed by atoms with E-state index in [9.17, 15) is 83.5 Å². The summed E-state index contributed by atoms with van der Waals surface area (Å²) in [5.74, 6) is -1.73. The fourth-order valence-corrected chi connectivity index (χ4v) is 18.4. The first kappa shape index (κ1) is 76.5. The molecule has 32 atom stereocenters. The van der Waals surface area contributed by atoms with E-state index in [4.69, 9.17) is 65.8 Å². The fourth-order valence-electron chi connectivity index (χ4n) is 17.9. The van der Waals surface area contributed by atoms with Crippen LogP contribution in [0.3, 0.4) is 0 Å². The number of ketones is 1. The normalized spacial score (nSPS) is 49.3. The van der Waals surface area contributed by atoms with E-state index < -0.39 is 235 Å². The standard InChI is InChI=1S/C61H96O31S.Na/c1-24(2)17-27(65)18-60(9)50-31(83-26(4)64)19-59(8)29-11-12-35-57(5,6)36(14-15-58(35,7)28(29)13-16-61(50,59)56(75)91-60)86-54-48(40(70)34(23-81-54)92-93(76,77)78)90-55-49(89-51-41(71)37(67)30(66)22-80-51)42(72)45(25(3)82-55)87-53-44(74)47(39(69)33(21-63)85-53)88-52-43(73)46(79-10)38(68)32(20-62)84-52;/h11,24-25,28,30-55,62-63,66-74H,12-23H2,1-10H3,(H,76,77,78);/q;+1/p-1/t25?,28?,30-,31?,32?,33?,34-,35?,36?,37?,38-,39-,40?,41?,42?,43?,44?,45-,46?,47?,48?,49?,50?,51+,52+,53+,54+,55+,58-,59?,60?,61?;/m1./s1. The number of fused-ring (bicyclic) bond motifs is 4. The van der Waals surface area contributed by atoms with Gasteiger partial charge in [-0.05, 0) is 81.0 Å². The van der Waals surface area contributed by atoms with Crippen molar-refractivity contribution in [3.63, 3.8) is 0 Å². The average Bonchev–Trinajstić information content (AvgIpc) is 1.46. The predicted molar refractivity (Wildman–Crippen MR) is 307 cm³/mol. The summed E-state index contributed by atoms with van der Waals surface area (Å²) in [5, 5.41) is 122. The number of cyclic esters (lactones) is 1. The number of rotatable bonds is 20.